The first-order valence-electron chi connectivity index (χ1n) is 7.44. The molecule has 1 aliphatic rings. The molecule has 1 atom stereocenters. The van der Waals surface area contributed by atoms with Crippen LogP contribution in [0.4, 0.5) is 4.79 Å². The van der Waals surface area contributed by atoms with Gasteiger partial charge in [-0.05, 0) is 38.5 Å². The van der Waals surface area contributed by atoms with Crippen molar-refractivity contribution in [1.29, 1.82) is 0 Å². The van der Waals surface area contributed by atoms with Gasteiger partial charge >= 0.3 is 6.03 Å². The van der Waals surface area contributed by atoms with E-state index < -0.39 is 0 Å². The Morgan fingerprint density at radius 3 is 3.05 bits per heavy atom. The Balaban J connectivity index is 1.86. The number of benzene rings is 1. The van der Waals surface area contributed by atoms with Crippen LogP contribution in [0.15, 0.2) is 24.3 Å². The summed E-state index contributed by atoms with van der Waals surface area (Å²) in [5.41, 5.74) is 1.03. The molecular formula is C16H24N2O3. The molecule has 0 unspecified atom stereocenters. The summed E-state index contributed by atoms with van der Waals surface area (Å²) >= 11 is 0. The maximum atomic E-state index is 12.1. The summed E-state index contributed by atoms with van der Waals surface area (Å²) in [6, 6.07) is 7.77. The van der Waals surface area contributed by atoms with Gasteiger partial charge in [-0.25, -0.2) is 4.79 Å². The second kappa shape index (κ2) is 7.31. The van der Waals surface area contributed by atoms with Crippen molar-refractivity contribution in [3.63, 3.8) is 0 Å². The van der Waals surface area contributed by atoms with Crippen LogP contribution >= 0.6 is 0 Å². The Morgan fingerprint density at radius 2 is 2.33 bits per heavy atom. The predicted molar refractivity (Wildman–Crippen MR) is 81.4 cm³/mol. The maximum Gasteiger partial charge on any atom is 0.317 e. The average molecular weight is 292 g/mol. The number of carbonyl (C=O) groups is 1. The van der Waals surface area contributed by atoms with Crippen LogP contribution < -0.4 is 10.1 Å². The quantitative estimate of drug-likeness (QED) is 0.927. The fourth-order valence-electron chi connectivity index (χ4n) is 2.29. The van der Waals surface area contributed by atoms with E-state index in [1.165, 1.54) is 0 Å². The topological polar surface area (TPSA) is 50.8 Å². The minimum Gasteiger partial charge on any atom is -0.491 e. The molecule has 1 heterocycles. The smallest absolute Gasteiger partial charge is 0.317 e. The van der Waals surface area contributed by atoms with Crippen LogP contribution in [0.5, 0.6) is 5.75 Å². The molecule has 1 N–H and O–H groups in total. The van der Waals surface area contributed by atoms with Crippen molar-refractivity contribution in [3.8, 4) is 5.75 Å². The number of hydrogen-bond donors (Lipinski definition) is 1. The van der Waals surface area contributed by atoms with Crippen molar-refractivity contribution in [2.24, 2.45) is 0 Å². The fraction of sp³-hybridized carbons (Fsp3) is 0.562. The molecule has 0 bridgehead atoms. The molecule has 116 valence electrons. The van der Waals surface area contributed by atoms with Gasteiger partial charge in [0.2, 0.25) is 0 Å². The van der Waals surface area contributed by atoms with E-state index in [9.17, 15) is 4.79 Å². The van der Waals surface area contributed by atoms with Gasteiger partial charge in [-0.2, -0.15) is 0 Å². The summed E-state index contributed by atoms with van der Waals surface area (Å²) in [6.45, 7) is 8.36. The molecule has 0 aromatic heterocycles. The van der Waals surface area contributed by atoms with Crippen LogP contribution in [0.2, 0.25) is 0 Å². The van der Waals surface area contributed by atoms with E-state index in [0.717, 1.165) is 11.3 Å². The van der Waals surface area contributed by atoms with Crippen molar-refractivity contribution in [2.75, 3.05) is 19.7 Å². The van der Waals surface area contributed by atoms with Gasteiger partial charge in [0.05, 0.1) is 18.8 Å². The molecule has 21 heavy (non-hydrogen) atoms. The van der Waals surface area contributed by atoms with Crippen LogP contribution in [-0.4, -0.2) is 42.8 Å². The zero-order valence-corrected chi connectivity index (χ0v) is 13.0. The molecule has 2 rings (SSSR count). The highest BCUT2D eigenvalue weighted by Gasteiger charge is 2.20. The SMILES string of the molecule is CC(C)Oc1cccc(CNC(=O)N2CCO[C@@H](C)C2)c1. The Hall–Kier alpha value is -1.75. The summed E-state index contributed by atoms with van der Waals surface area (Å²) in [4.78, 5) is 13.9. The summed E-state index contributed by atoms with van der Waals surface area (Å²) in [5, 5.41) is 2.95. The number of morpholine rings is 1. The lowest BCUT2D eigenvalue weighted by molar-refractivity contribution is -0.00351. The van der Waals surface area contributed by atoms with Gasteiger partial charge in [-0.15, -0.1) is 0 Å². The molecule has 1 aromatic carbocycles. The lowest BCUT2D eigenvalue weighted by atomic mass is 10.2. The first kappa shape index (κ1) is 15.6. The Labute approximate surface area is 126 Å². The van der Waals surface area contributed by atoms with Gasteiger partial charge in [0, 0.05) is 19.6 Å². The van der Waals surface area contributed by atoms with Gasteiger partial charge in [0.15, 0.2) is 0 Å². The third kappa shape index (κ3) is 4.93. The minimum atomic E-state index is -0.0414. The van der Waals surface area contributed by atoms with Gasteiger partial charge < -0.3 is 19.7 Å². The number of amides is 2. The van der Waals surface area contributed by atoms with Crippen molar-refractivity contribution in [1.82, 2.24) is 10.2 Å². The molecule has 0 spiro atoms. The molecule has 0 aliphatic carbocycles. The third-order valence-electron chi connectivity index (χ3n) is 3.24. The molecule has 1 aliphatic heterocycles. The van der Waals surface area contributed by atoms with E-state index in [1.807, 2.05) is 45.0 Å². The Bertz CT molecular complexity index is 476. The summed E-state index contributed by atoms with van der Waals surface area (Å²) in [7, 11) is 0. The molecule has 0 radical (unpaired) electrons. The molecule has 1 aromatic rings. The van der Waals surface area contributed by atoms with Crippen LogP contribution in [0.25, 0.3) is 0 Å². The van der Waals surface area contributed by atoms with E-state index in [4.69, 9.17) is 9.47 Å². The van der Waals surface area contributed by atoms with Crippen molar-refractivity contribution >= 4 is 6.03 Å². The standard InChI is InChI=1S/C16H24N2O3/c1-12(2)21-15-6-4-5-14(9-15)10-17-16(19)18-7-8-20-13(3)11-18/h4-6,9,12-13H,7-8,10-11H2,1-3H3,(H,17,19)/t13-/m0/s1. The predicted octanol–water partition coefficient (Wildman–Crippen LogP) is 2.40. The summed E-state index contributed by atoms with van der Waals surface area (Å²) in [5.74, 6) is 0.830. The van der Waals surface area contributed by atoms with Gasteiger partial charge in [0.1, 0.15) is 5.75 Å². The second-order valence-electron chi connectivity index (χ2n) is 5.60. The first-order valence-corrected chi connectivity index (χ1v) is 7.44. The van der Waals surface area contributed by atoms with E-state index >= 15 is 0 Å². The zero-order valence-electron chi connectivity index (χ0n) is 13.0. The van der Waals surface area contributed by atoms with Crippen LogP contribution in [0, 0.1) is 0 Å². The largest absolute Gasteiger partial charge is 0.491 e. The highest BCUT2D eigenvalue weighted by Crippen LogP contribution is 2.15. The number of rotatable bonds is 4. The first-order chi connectivity index (χ1) is 10.0. The summed E-state index contributed by atoms with van der Waals surface area (Å²) < 4.78 is 11.1. The lowest BCUT2D eigenvalue weighted by Gasteiger charge is -2.31. The number of urea groups is 1. The lowest BCUT2D eigenvalue weighted by Crippen LogP contribution is -2.48. The number of nitrogens with zero attached hydrogens (tertiary/aromatic N) is 1. The molecule has 1 fully saturated rings. The van der Waals surface area contributed by atoms with Gasteiger partial charge in [-0.1, -0.05) is 12.1 Å². The van der Waals surface area contributed by atoms with Gasteiger partial charge in [0.25, 0.3) is 0 Å². The van der Waals surface area contributed by atoms with Crippen molar-refractivity contribution < 1.29 is 14.3 Å². The number of ether oxygens (including phenoxy) is 2. The Morgan fingerprint density at radius 1 is 1.52 bits per heavy atom. The molecule has 5 heteroatoms. The van der Waals surface area contributed by atoms with E-state index in [1.54, 1.807) is 4.90 Å². The molecule has 5 nitrogen and oxygen atoms in total. The molecule has 0 saturated carbocycles. The Kier molecular flexibility index (Phi) is 5.44. The van der Waals surface area contributed by atoms with Crippen LogP contribution in [-0.2, 0) is 11.3 Å². The summed E-state index contributed by atoms with van der Waals surface area (Å²) in [6.07, 6.45) is 0.247. The third-order valence-corrected chi connectivity index (χ3v) is 3.24. The van der Waals surface area contributed by atoms with Crippen molar-refractivity contribution in [2.45, 2.75) is 39.5 Å². The van der Waals surface area contributed by atoms with Gasteiger partial charge in [-0.3, -0.25) is 0 Å². The number of nitrogens with one attached hydrogen (secondary N) is 1. The molecule has 1 saturated heterocycles. The normalized spacial score (nSPS) is 18.7. The monoisotopic (exact) mass is 292 g/mol. The second-order valence-corrected chi connectivity index (χ2v) is 5.60. The maximum absolute atomic E-state index is 12.1. The number of hydrogen-bond acceptors (Lipinski definition) is 3. The van der Waals surface area contributed by atoms with Crippen molar-refractivity contribution in [3.05, 3.63) is 29.8 Å². The zero-order chi connectivity index (χ0) is 15.2. The highest BCUT2D eigenvalue weighted by atomic mass is 16.5. The van der Waals surface area contributed by atoms with E-state index in [-0.39, 0.29) is 18.2 Å². The molecule has 2 amide bonds. The highest BCUT2D eigenvalue weighted by molar-refractivity contribution is 5.74. The van der Waals surface area contributed by atoms with E-state index in [2.05, 4.69) is 5.32 Å². The molecular weight excluding hydrogens is 268 g/mol. The van der Waals surface area contributed by atoms with E-state index in [0.29, 0.717) is 26.2 Å². The average Bonchev–Trinajstić information content (AvgIpc) is 2.44. The van der Waals surface area contributed by atoms with Crippen LogP contribution in [0.3, 0.4) is 0 Å². The van der Waals surface area contributed by atoms with Crippen LogP contribution in [0.1, 0.15) is 26.3 Å². The fourth-order valence-corrected chi connectivity index (χ4v) is 2.29. The minimum absolute atomic E-state index is 0.0414. The number of carbonyl (C=O) groups excluding carboxylic acids is 1.